The number of hydrogen-bond donors (Lipinski definition) is 1. The van der Waals surface area contributed by atoms with E-state index < -0.39 is 0 Å². The maximum absolute atomic E-state index is 3.45. The van der Waals surface area contributed by atoms with Crippen molar-refractivity contribution in [2.24, 2.45) is 5.92 Å². The molecule has 0 atom stereocenters. The molecule has 2 nitrogen and oxygen atoms in total. The van der Waals surface area contributed by atoms with E-state index in [1.54, 1.807) is 0 Å². The fourth-order valence-corrected chi connectivity index (χ4v) is 3.35. The number of aryl methyl sites for hydroxylation is 1. The van der Waals surface area contributed by atoms with Crippen LogP contribution in [-0.4, -0.2) is 26.7 Å². The minimum absolute atomic E-state index is 0.887. The monoisotopic (exact) mass is 244 g/mol. The van der Waals surface area contributed by atoms with Crippen LogP contribution in [0.1, 0.15) is 30.4 Å². The first-order valence-electron chi connectivity index (χ1n) is 7.36. The first-order valence-corrected chi connectivity index (χ1v) is 7.36. The quantitative estimate of drug-likeness (QED) is 0.860. The molecule has 3 rings (SSSR count). The molecule has 1 fully saturated rings. The summed E-state index contributed by atoms with van der Waals surface area (Å²) in [5, 5.41) is 3.45. The summed E-state index contributed by atoms with van der Waals surface area (Å²) in [5.74, 6) is 0.887. The molecule has 0 aliphatic carbocycles. The van der Waals surface area contributed by atoms with Crippen molar-refractivity contribution in [2.75, 3.05) is 31.6 Å². The van der Waals surface area contributed by atoms with Gasteiger partial charge in [0, 0.05) is 19.3 Å². The zero-order chi connectivity index (χ0) is 12.4. The van der Waals surface area contributed by atoms with Crippen LogP contribution in [0.5, 0.6) is 0 Å². The van der Waals surface area contributed by atoms with Gasteiger partial charge >= 0.3 is 0 Å². The highest BCUT2D eigenvalue weighted by atomic mass is 15.1. The molecule has 0 spiro atoms. The van der Waals surface area contributed by atoms with E-state index in [2.05, 4.69) is 35.5 Å². The van der Waals surface area contributed by atoms with Gasteiger partial charge in [0.2, 0.25) is 0 Å². The van der Waals surface area contributed by atoms with Crippen LogP contribution in [0.3, 0.4) is 0 Å². The Morgan fingerprint density at radius 2 is 2.11 bits per heavy atom. The summed E-state index contributed by atoms with van der Waals surface area (Å²) in [6.07, 6.45) is 6.51. The Balaban J connectivity index is 1.74. The van der Waals surface area contributed by atoms with Crippen LogP contribution in [0.15, 0.2) is 18.2 Å². The van der Waals surface area contributed by atoms with Crippen LogP contribution in [-0.2, 0) is 12.8 Å². The summed E-state index contributed by atoms with van der Waals surface area (Å²) in [7, 11) is 2.23. The van der Waals surface area contributed by atoms with Crippen LogP contribution in [0.2, 0.25) is 0 Å². The first-order chi connectivity index (χ1) is 8.83. The fraction of sp³-hybridized carbons (Fsp3) is 0.625. The van der Waals surface area contributed by atoms with Gasteiger partial charge in [0.25, 0.3) is 0 Å². The van der Waals surface area contributed by atoms with Crippen molar-refractivity contribution in [3.05, 3.63) is 29.3 Å². The Morgan fingerprint density at radius 3 is 2.94 bits per heavy atom. The van der Waals surface area contributed by atoms with E-state index >= 15 is 0 Å². The van der Waals surface area contributed by atoms with E-state index in [4.69, 9.17) is 0 Å². The molecule has 2 aliphatic rings. The van der Waals surface area contributed by atoms with Crippen molar-refractivity contribution in [3.63, 3.8) is 0 Å². The van der Waals surface area contributed by atoms with Crippen molar-refractivity contribution in [1.82, 2.24) is 5.32 Å². The highest BCUT2D eigenvalue weighted by Crippen LogP contribution is 2.28. The van der Waals surface area contributed by atoms with E-state index in [1.807, 2.05) is 0 Å². The van der Waals surface area contributed by atoms with E-state index in [1.165, 1.54) is 68.6 Å². The maximum Gasteiger partial charge on any atom is 0.0398 e. The Hall–Kier alpha value is -1.02. The van der Waals surface area contributed by atoms with Crippen molar-refractivity contribution >= 4 is 5.69 Å². The minimum Gasteiger partial charge on any atom is -0.374 e. The topological polar surface area (TPSA) is 15.3 Å². The highest BCUT2D eigenvalue weighted by Gasteiger charge is 2.17. The molecule has 0 unspecified atom stereocenters. The lowest BCUT2D eigenvalue weighted by Crippen LogP contribution is -2.29. The fourth-order valence-electron chi connectivity index (χ4n) is 3.35. The number of nitrogens with zero attached hydrogens (tertiary/aromatic N) is 1. The van der Waals surface area contributed by atoms with Crippen LogP contribution in [0.4, 0.5) is 5.69 Å². The number of fused-ring (bicyclic) bond motifs is 1. The van der Waals surface area contributed by atoms with E-state index in [0.29, 0.717) is 0 Å². The van der Waals surface area contributed by atoms with Gasteiger partial charge < -0.3 is 10.2 Å². The molecule has 18 heavy (non-hydrogen) atoms. The molecule has 2 aliphatic heterocycles. The van der Waals surface area contributed by atoms with Crippen LogP contribution < -0.4 is 10.2 Å². The molecule has 2 heterocycles. The molecule has 0 amide bonds. The third-order valence-electron chi connectivity index (χ3n) is 4.48. The second-order valence-corrected chi connectivity index (χ2v) is 5.89. The molecular weight excluding hydrogens is 220 g/mol. The lowest BCUT2D eigenvalue weighted by Gasteiger charge is -2.29. The first kappa shape index (κ1) is 12.0. The smallest absolute Gasteiger partial charge is 0.0398 e. The molecule has 0 saturated carbocycles. The molecule has 0 aromatic heterocycles. The molecule has 1 saturated heterocycles. The lowest BCUT2D eigenvalue weighted by atomic mass is 9.89. The second-order valence-electron chi connectivity index (χ2n) is 5.89. The third kappa shape index (κ3) is 2.54. The normalized spacial score (nSPS) is 20.8. The summed E-state index contributed by atoms with van der Waals surface area (Å²) in [6.45, 7) is 3.62. The van der Waals surface area contributed by atoms with Gasteiger partial charge in [0.05, 0.1) is 0 Å². The summed E-state index contributed by atoms with van der Waals surface area (Å²) in [5.41, 5.74) is 4.56. The molecule has 0 bridgehead atoms. The molecule has 1 aromatic rings. The van der Waals surface area contributed by atoms with Crippen molar-refractivity contribution in [3.8, 4) is 0 Å². The van der Waals surface area contributed by atoms with Gasteiger partial charge in [-0.25, -0.2) is 0 Å². The summed E-state index contributed by atoms with van der Waals surface area (Å²) < 4.78 is 0. The number of anilines is 1. The lowest BCUT2D eigenvalue weighted by molar-refractivity contribution is 0.372. The van der Waals surface area contributed by atoms with E-state index in [0.717, 1.165) is 5.92 Å². The predicted octanol–water partition coefficient (Wildman–Crippen LogP) is 2.61. The Labute approximate surface area is 110 Å². The number of hydrogen-bond acceptors (Lipinski definition) is 2. The summed E-state index contributed by atoms with van der Waals surface area (Å²) in [6, 6.07) is 7.16. The second kappa shape index (κ2) is 5.31. The maximum atomic E-state index is 3.45. The molecule has 1 aromatic carbocycles. The SMILES string of the molecule is CN1CCCc2ccc(CC3CCNCC3)cc21. The number of nitrogens with one attached hydrogen (secondary N) is 1. The van der Waals surface area contributed by atoms with Crippen molar-refractivity contribution in [2.45, 2.75) is 32.1 Å². The number of piperidine rings is 1. The van der Waals surface area contributed by atoms with E-state index in [-0.39, 0.29) is 0 Å². The van der Waals surface area contributed by atoms with Crippen molar-refractivity contribution < 1.29 is 0 Å². The van der Waals surface area contributed by atoms with Gasteiger partial charge in [-0.15, -0.1) is 0 Å². The average Bonchev–Trinajstić information content (AvgIpc) is 2.41. The Bertz CT molecular complexity index is 408. The Morgan fingerprint density at radius 1 is 1.28 bits per heavy atom. The van der Waals surface area contributed by atoms with Crippen LogP contribution >= 0.6 is 0 Å². The zero-order valence-electron chi connectivity index (χ0n) is 11.4. The molecule has 2 heteroatoms. The largest absolute Gasteiger partial charge is 0.374 e. The van der Waals surface area contributed by atoms with Gasteiger partial charge in [-0.1, -0.05) is 12.1 Å². The van der Waals surface area contributed by atoms with Gasteiger partial charge in [-0.3, -0.25) is 0 Å². The summed E-state index contributed by atoms with van der Waals surface area (Å²) in [4.78, 5) is 2.42. The van der Waals surface area contributed by atoms with Gasteiger partial charge in [-0.05, 0) is 68.3 Å². The van der Waals surface area contributed by atoms with Crippen LogP contribution in [0.25, 0.3) is 0 Å². The third-order valence-corrected chi connectivity index (χ3v) is 4.48. The zero-order valence-corrected chi connectivity index (χ0v) is 11.4. The van der Waals surface area contributed by atoms with E-state index in [9.17, 15) is 0 Å². The van der Waals surface area contributed by atoms with Crippen LogP contribution in [0, 0.1) is 5.92 Å². The minimum atomic E-state index is 0.887. The highest BCUT2D eigenvalue weighted by molar-refractivity contribution is 5.56. The molecule has 98 valence electrons. The van der Waals surface area contributed by atoms with Gasteiger partial charge in [-0.2, -0.15) is 0 Å². The van der Waals surface area contributed by atoms with Crippen molar-refractivity contribution in [1.29, 1.82) is 0 Å². The number of benzene rings is 1. The Kier molecular flexibility index (Phi) is 3.55. The van der Waals surface area contributed by atoms with Gasteiger partial charge in [0.1, 0.15) is 0 Å². The molecule has 1 N–H and O–H groups in total. The molecule has 0 radical (unpaired) electrons. The summed E-state index contributed by atoms with van der Waals surface area (Å²) >= 11 is 0. The average molecular weight is 244 g/mol. The standard InChI is InChI=1S/C16H24N2/c1-18-10-2-3-15-5-4-14(12-16(15)18)11-13-6-8-17-9-7-13/h4-5,12-13,17H,2-3,6-11H2,1H3. The predicted molar refractivity (Wildman–Crippen MR) is 77.3 cm³/mol. The molecular formula is C16H24N2. The van der Waals surface area contributed by atoms with Gasteiger partial charge in [0.15, 0.2) is 0 Å². The number of rotatable bonds is 2.